The maximum Gasteiger partial charge on any atom is 1.00 e. The van der Waals surface area contributed by atoms with E-state index in [0.717, 1.165) is 19.6 Å². The van der Waals surface area contributed by atoms with Gasteiger partial charge in [-0.05, 0) is 13.8 Å². The van der Waals surface area contributed by atoms with E-state index in [9.17, 15) is 0 Å². The molecule has 1 nitrogen and oxygen atoms in total. The van der Waals surface area contributed by atoms with Crippen molar-refractivity contribution in [3.05, 3.63) is 6.92 Å². The first-order valence-corrected chi connectivity index (χ1v) is 3.70. The first-order valence-electron chi connectivity index (χ1n) is 3.70. The summed E-state index contributed by atoms with van der Waals surface area (Å²) in [7, 11) is 0. The molecule has 0 bridgehead atoms. The van der Waals surface area contributed by atoms with Gasteiger partial charge in [0.15, 0.2) is 0 Å². The normalized spacial score (nSPS) is 7.20. The average Bonchev–Trinajstić information content (AvgIpc) is 1.91. The summed E-state index contributed by atoms with van der Waals surface area (Å²) in [5.41, 5.74) is 0. The van der Waals surface area contributed by atoms with Crippen LogP contribution in [0.2, 0.25) is 0 Å². The van der Waals surface area contributed by atoms with E-state index in [1.54, 1.807) is 0 Å². The second-order valence-electron chi connectivity index (χ2n) is 1.64. The molecule has 0 fully saturated rings. The molecule has 0 heterocycles. The number of ether oxygens (including phenoxy) is 1. The Morgan fingerprint density at radius 2 is 1.40 bits per heavy atom. The summed E-state index contributed by atoms with van der Waals surface area (Å²) in [5, 5.41) is 0. The van der Waals surface area contributed by atoms with E-state index < -0.39 is 0 Å². The molecule has 0 aliphatic carbocycles. The Labute approximate surface area is 77.7 Å². The van der Waals surface area contributed by atoms with Gasteiger partial charge in [0, 0.05) is 13.2 Å². The van der Waals surface area contributed by atoms with Crippen molar-refractivity contribution in [3.8, 4) is 0 Å². The van der Waals surface area contributed by atoms with E-state index in [1.165, 1.54) is 6.42 Å². The van der Waals surface area contributed by atoms with Gasteiger partial charge in [0.1, 0.15) is 0 Å². The van der Waals surface area contributed by atoms with Crippen LogP contribution in [-0.2, 0) is 4.74 Å². The van der Waals surface area contributed by atoms with Crippen LogP contribution in [0, 0.1) is 6.92 Å². The smallest absolute Gasteiger partial charge is 0.382 e. The van der Waals surface area contributed by atoms with Crippen molar-refractivity contribution in [2.45, 2.75) is 33.6 Å². The van der Waals surface area contributed by atoms with E-state index in [4.69, 9.17) is 4.74 Å². The Hall–Kier alpha value is 0.557. The van der Waals surface area contributed by atoms with Gasteiger partial charge < -0.3 is 11.7 Å². The van der Waals surface area contributed by atoms with Crippen molar-refractivity contribution in [2.75, 3.05) is 13.2 Å². The van der Waals surface area contributed by atoms with Gasteiger partial charge in [0.25, 0.3) is 0 Å². The van der Waals surface area contributed by atoms with Crippen LogP contribution in [0.25, 0.3) is 0 Å². The van der Waals surface area contributed by atoms with Crippen molar-refractivity contribution in [1.82, 2.24) is 0 Å². The van der Waals surface area contributed by atoms with Gasteiger partial charge in [0.2, 0.25) is 0 Å². The van der Waals surface area contributed by atoms with Crippen LogP contribution in [0.4, 0.5) is 0 Å². The van der Waals surface area contributed by atoms with Crippen LogP contribution >= 0.6 is 0 Å². The molecule has 0 aromatic heterocycles. The minimum absolute atomic E-state index is 0. The second kappa shape index (κ2) is 22.7. The van der Waals surface area contributed by atoms with Crippen LogP contribution in [0.3, 0.4) is 0 Å². The zero-order valence-electron chi connectivity index (χ0n) is 7.94. The average molecular weight is 138 g/mol. The standard InChI is InChI=1S/C4H10O.C4H9.Li/c1-3-5-4-2;1-3-4-2;/h3-4H2,1-2H3;1,3-4H2,2H3;/q;-1;+1. The predicted molar refractivity (Wildman–Crippen MR) is 42.4 cm³/mol. The maximum absolute atomic E-state index is 4.83. The summed E-state index contributed by atoms with van der Waals surface area (Å²) < 4.78 is 4.83. The van der Waals surface area contributed by atoms with Gasteiger partial charge in [-0.1, -0.05) is 13.3 Å². The van der Waals surface area contributed by atoms with Gasteiger partial charge >= 0.3 is 18.9 Å². The van der Waals surface area contributed by atoms with E-state index in [-0.39, 0.29) is 18.9 Å². The van der Waals surface area contributed by atoms with Gasteiger partial charge in [-0.15, -0.1) is 0 Å². The molecule has 0 aromatic rings. The Kier molecular flexibility index (Phi) is 38.3. The molecule has 0 saturated carbocycles. The molecule has 0 atom stereocenters. The molecule has 0 saturated heterocycles. The quantitative estimate of drug-likeness (QED) is 0.383. The fourth-order valence-electron chi connectivity index (χ4n) is 0.204. The van der Waals surface area contributed by atoms with Crippen molar-refractivity contribution in [2.24, 2.45) is 0 Å². The molecular formula is C8H19LiO. The van der Waals surface area contributed by atoms with Crippen molar-refractivity contribution in [1.29, 1.82) is 0 Å². The summed E-state index contributed by atoms with van der Waals surface area (Å²) in [6.07, 6.45) is 2.28. The maximum atomic E-state index is 4.83. The van der Waals surface area contributed by atoms with Crippen molar-refractivity contribution < 1.29 is 23.6 Å². The third-order valence-electron chi connectivity index (χ3n) is 0.762. The molecule has 0 aromatic carbocycles. The van der Waals surface area contributed by atoms with Crippen molar-refractivity contribution in [3.63, 3.8) is 0 Å². The number of unbranched alkanes of at least 4 members (excludes halogenated alkanes) is 1. The summed E-state index contributed by atoms with van der Waals surface area (Å²) in [6.45, 7) is 11.4. The molecule has 0 unspecified atom stereocenters. The predicted octanol–water partition coefficient (Wildman–Crippen LogP) is -0.333. The molecule has 0 rings (SSSR count). The van der Waals surface area contributed by atoms with E-state index >= 15 is 0 Å². The molecule has 2 heteroatoms. The summed E-state index contributed by atoms with van der Waals surface area (Å²) in [4.78, 5) is 0. The minimum Gasteiger partial charge on any atom is -0.382 e. The van der Waals surface area contributed by atoms with Crippen LogP contribution < -0.4 is 18.9 Å². The Bertz CT molecular complexity index is 28.4. The van der Waals surface area contributed by atoms with Crippen LogP contribution in [0.15, 0.2) is 0 Å². The molecule has 0 radical (unpaired) electrons. The fraction of sp³-hybridized carbons (Fsp3) is 0.875. The molecule has 10 heavy (non-hydrogen) atoms. The van der Waals surface area contributed by atoms with Gasteiger partial charge in [-0.25, -0.2) is 0 Å². The zero-order valence-corrected chi connectivity index (χ0v) is 7.94. The monoisotopic (exact) mass is 138 g/mol. The molecule has 0 aliphatic rings. The van der Waals surface area contributed by atoms with Gasteiger partial charge in [-0.3, -0.25) is 0 Å². The van der Waals surface area contributed by atoms with Crippen LogP contribution in [-0.4, -0.2) is 13.2 Å². The number of hydrogen-bond acceptors (Lipinski definition) is 1. The molecule has 0 spiro atoms. The van der Waals surface area contributed by atoms with Gasteiger partial charge in [0.05, 0.1) is 0 Å². The molecular weight excluding hydrogens is 119 g/mol. The summed E-state index contributed by atoms with van der Waals surface area (Å²) in [5.74, 6) is 0. The summed E-state index contributed by atoms with van der Waals surface area (Å²) in [6, 6.07) is 0. The minimum atomic E-state index is 0. The van der Waals surface area contributed by atoms with Gasteiger partial charge in [-0.2, -0.15) is 6.42 Å². The topological polar surface area (TPSA) is 9.23 Å². The molecule has 0 aliphatic heterocycles. The molecule has 0 N–H and O–H groups in total. The SMILES string of the molecule is CCOCC.[CH2-]CCC.[Li+]. The molecule has 58 valence electrons. The largest absolute Gasteiger partial charge is 1.00 e. The van der Waals surface area contributed by atoms with Crippen LogP contribution in [0.1, 0.15) is 33.6 Å². The Morgan fingerprint density at radius 1 is 1.10 bits per heavy atom. The second-order valence-corrected chi connectivity index (χ2v) is 1.64. The first kappa shape index (κ1) is 16.9. The molecule has 0 amide bonds. The third kappa shape index (κ3) is 38.6. The van der Waals surface area contributed by atoms with E-state index in [2.05, 4.69) is 13.8 Å². The fourth-order valence-corrected chi connectivity index (χ4v) is 0.204. The van der Waals surface area contributed by atoms with E-state index in [0.29, 0.717) is 0 Å². The third-order valence-corrected chi connectivity index (χ3v) is 0.762. The Balaban J connectivity index is -0.0000000910. The first-order chi connectivity index (χ1) is 4.33. The zero-order chi connectivity index (χ0) is 7.54. The van der Waals surface area contributed by atoms with Crippen LogP contribution in [0.5, 0.6) is 0 Å². The Morgan fingerprint density at radius 3 is 1.40 bits per heavy atom. The van der Waals surface area contributed by atoms with E-state index in [1.807, 2.05) is 13.8 Å². The summed E-state index contributed by atoms with van der Waals surface area (Å²) >= 11 is 0. The van der Waals surface area contributed by atoms with Crippen molar-refractivity contribution >= 4 is 0 Å². The number of rotatable bonds is 3. The number of hydrogen-bond donors (Lipinski definition) is 0.